The number of aryl methyl sites for hydroxylation is 1. The van der Waals surface area contributed by atoms with Crippen molar-refractivity contribution in [2.75, 3.05) is 10.5 Å². The molecule has 0 aliphatic rings. The summed E-state index contributed by atoms with van der Waals surface area (Å²) in [7, 11) is -3.53. The van der Waals surface area contributed by atoms with Gasteiger partial charge in [0.05, 0.1) is 11.4 Å². The minimum absolute atomic E-state index is 0.0339. The minimum Gasteiger partial charge on any atom is -0.505 e. The van der Waals surface area contributed by atoms with E-state index in [2.05, 4.69) is 4.72 Å². The van der Waals surface area contributed by atoms with Gasteiger partial charge in [-0.25, -0.2) is 8.42 Å². The first-order valence-corrected chi connectivity index (χ1v) is 8.38. The van der Waals surface area contributed by atoms with Crippen LogP contribution in [-0.2, 0) is 10.0 Å². The third-order valence-electron chi connectivity index (χ3n) is 3.34. The summed E-state index contributed by atoms with van der Waals surface area (Å²) in [5.74, 6) is -0.200. The van der Waals surface area contributed by atoms with E-state index in [-0.39, 0.29) is 23.1 Å². The zero-order valence-electron chi connectivity index (χ0n) is 12.1. The van der Waals surface area contributed by atoms with E-state index < -0.39 is 10.0 Å². The first kappa shape index (κ1) is 15.4. The van der Waals surface area contributed by atoms with Gasteiger partial charge < -0.3 is 5.11 Å². The van der Waals surface area contributed by atoms with Gasteiger partial charge in [-0.05, 0) is 30.0 Å². The Bertz CT molecular complexity index is 712. The molecule has 0 bridgehead atoms. The van der Waals surface area contributed by atoms with Crippen LogP contribution in [0.25, 0.3) is 0 Å². The van der Waals surface area contributed by atoms with E-state index in [0.717, 1.165) is 5.56 Å². The Labute approximate surface area is 125 Å². The van der Waals surface area contributed by atoms with Gasteiger partial charge in [-0.15, -0.1) is 0 Å². The first-order valence-electron chi connectivity index (χ1n) is 6.73. The maximum atomic E-state index is 12.2. The van der Waals surface area contributed by atoms with E-state index in [1.54, 1.807) is 25.1 Å². The fraction of sp³-hybridized carbons (Fsp3) is 0.250. The number of hydrogen-bond acceptors (Lipinski definition) is 3. The summed E-state index contributed by atoms with van der Waals surface area (Å²) in [6.45, 7) is 3.59. The predicted molar refractivity (Wildman–Crippen MR) is 85.1 cm³/mol. The Balaban J connectivity index is 2.14. The highest BCUT2D eigenvalue weighted by Crippen LogP contribution is 2.28. The molecule has 0 spiro atoms. The molecule has 0 saturated carbocycles. The van der Waals surface area contributed by atoms with Crippen molar-refractivity contribution in [1.82, 2.24) is 0 Å². The van der Waals surface area contributed by atoms with Gasteiger partial charge in [0.15, 0.2) is 0 Å². The van der Waals surface area contributed by atoms with Crippen molar-refractivity contribution in [3.05, 3.63) is 59.7 Å². The van der Waals surface area contributed by atoms with Crippen LogP contribution in [-0.4, -0.2) is 19.3 Å². The van der Waals surface area contributed by atoms with Crippen LogP contribution in [0.2, 0.25) is 0 Å². The standard InChI is InChI=1S/C16H19NO3S/c1-12-7-6-10-15(16(12)18)17-21(19,20)11-13(2)14-8-4-3-5-9-14/h3-10,13,17-18H,11H2,1-2H3. The Hall–Kier alpha value is -2.01. The van der Waals surface area contributed by atoms with Crippen LogP contribution in [0, 0.1) is 6.92 Å². The van der Waals surface area contributed by atoms with Crippen molar-refractivity contribution < 1.29 is 13.5 Å². The van der Waals surface area contributed by atoms with Gasteiger partial charge in [-0.1, -0.05) is 49.4 Å². The molecule has 0 fully saturated rings. The number of anilines is 1. The molecule has 0 heterocycles. The summed E-state index contributed by atoms with van der Waals surface area (Å²) in [4.78, 5) is 0. The molecule has 0 aromatic heterocycles. The molecular formula is C16H19NO3S. The highest BCUT2D eigenvalue weighted by molar-refractivity contribution is 7.92. The third-order valence-corrected chi connectivity index (χ3v) is 4.81. The van der Waals surface area contributed by atoms with Crippen molar-refractivity contribution in [1.29, 1.82) is 0 Å². The molecular weight excluding hydrogens is 286 g/mol. The number of hydrogen-bond donors (Lipinski definition) is 2. The van der Waals surface area contributed by atoms with Crippen molar-refractivity contribution in [3.8, 4) is 5.75 Å². The number of phenols is 1. The molecule has 0 aliphatic carbocycles. The van der Waals surface area contributed by atoms with Crippen molar-refractivity contribution in [3.63, 3.8) is 0 Å². The van der Waals surface area contributed by atoms with Crippen molar-refractivity contribution >= 4 is 15.7 Å². The zero-order chi connectivity index (χ0) is 15.5. The average Bonchev–Trinajstić information content (AvgIpc) is 2.44. The van der Waals surface area contributed by atoms with E-state index in [0.29, 0.717) is 5.56 Å². The quantitative estimate of drug-likeness (QED) is 0.833. The Morgan fingerprint density at radius 3 is 2.43 bits per heavy atom. The number of rotatable bonds is 5. The molecule has 0 saturated heterocycles. The maximum absolute atomic E-state index is 12.2. The molecule has 1 unspecified atom stereocenters. The molecule has 0 aliphatic heterocycles. The summed E-state index contributed by atoms with van der Waals surface area (Å²) >= 11 is 0. The number of benzene rings is 2. The van der Waals surface area contributed by atoms with Crippen LogP contribution in [0.1, 0.15) is 24.0 Å². The molecule has 21 heavy (non-hydrogen) atoms. The highest BCUT2D eigenvalue weighted by Gasteiger charge is 2.18. The second kappa shape index (κ2) is 6.18. The first-order chi connectivity index (χ1) is 9.89. The highest BCUT2D eigenvalue weighted by atomic mass is 32.2. The van der Waals surface area contributed by atoms with Gasteiger partial charge in [-0.2, -0.15) is 0 Å². The summed E-state index contributed by atoms with van der Waals surface area (Å²) in [6, 6.07) is 14.5. The summed E-state index contributed by atoms with van der Waals surface area (Å²) in [6.07, 6.45) is 0. The van der Waals surface area contributed by atoms with E-state index in [4.69, 9.17) is 0 Å². The lowest BCUT2D eigenvalue weighted by atomic mass is 10.0. The molecule has 4 nitrogen and oxygen atoms in total. The maximum Gasteiger partial charge on any atom is 0.233 e. The van der Waals surface area contributed by atoms with Gasteiger partial charge in [-0.3, -0.25) is 4.72 Å². The fourth-order valence-corrected chi connectivity index (χ4v) is 3.59. The normalized spacial score (nSPS) is 12.9. The van der Waals surface area contributed by atoms with Gasteiger partial charge in [0.2, 0.25) is 10.0 Å². The Kier molecular flexibility index (Phi) is 4.53. The van der Waals surface area contributed by atoms with Crippen LogP contribution in [0.15, 0.2) is 48.5 Å². The van der Waals surface area contributed by atoms with E-state index in [9.17, 15) is 13.5 Å². The molecule has 0 radical (unpaired) electrons. The van der Waals surface area contributed by atoms with Crippen LogP contribution in [0.5, 0.6) is 5.75 Å². The van der Waals surface area contributed by atoms with E-state index in [1.807, 2.05) is 37.3 Å². The smallest absolute Gasteiger partial charge is 0.233 e. The predicted octanol–water partition coefficient (Wildman–Crippen LogP) is 3.25. The van der Waals surface area contributed by atoms with Gasteiger partial charge in [0, 0.05) is 0 Å². The monoisotopic (exact) mass is 305 g/mol. The lowest BCUT2D eigenvalue weighted by Gasteiger charge is -2.15. The fourth-order valence-electron chi connectivity index (χ4n) is 2.16. The average molecular weight is 305 g/mol. The number of para-hydroxylation sites is 1. The van der Waals surface area contributed by atoms with Crippen LogP contribution in [0.3, 0.4) is 0 Å². The third kappa shape index (κ3) is 3.98. The molecule has 0 amide bonds. The Morgan fingerprint density at radius 1 is 1.10 bits per heavy atom. The van der Waals surface area contributed by atoms with Crippen LogP contribution >= 0.6 is 0 Å². The van der Waals surface area contributed by atoms with Crippen molar-refractivity contribution in [2.45, 2.75) is 19.8 Å². The molecule has 2 aromatic carbocycles. The van der Waals surface area contributed by atoms with Crippen LogP contribution in [0.4, 0.5) is 5.69 Å². The van der Waals surface area contributed by atoms with Crippen molar-refractivity contribution in [2.24, 2.45) is 0 Å². The van der Waals surface area contributed by atoms with Gasteiger partial charge in [0.1, 0.15) is 5.75 Å². The lowest BCUT2D eigenvalue weighted by molar-refractivity contribution is 0.473. The molecule has 5 heteroatoms. The van der Waals surface area contributed by atoms with Gasteiger partial charge in [0.25, 0.3) is 0 Å². The lowest BCUT2D eigenvalue weighted by Crippen LogP contribution is -2.20. The minimum atomic E-state index is -3.53. The number of phenolic OH excluding ortho intramolecular Hbond substituents is 1. The molecule has 2 N–H and O–H groups in total. The topological polar surface area (TPSA) is 66.4 Å². The zero-order valence-corrected chi connectivity index (χ0v) is 12.9. The largest absolute Gasteiger partial charge is 0.505 e. The molecule has 2 aromatic rings. The Morgan fingerprint density at radius 2 is 1.76 bits per heavy atom. The summed E-state index contributed by atoms with van der Waals surface area (Å²) in [5, 5.41) is 9.89. The van der Waals surface area contributed by atoms with Gasteiger partial charge >= 0.3 is 0 Å². The second-order valence-electron chi connectivity index (χ2n) is 5.17. The summed E-state index contributed by atoms with van der Waals surface area (Å²) < 4.78 is 26.9. The number of aromatic hydroxyl groups is 1. The molecule has 1 atom stereocenters. The SMILES string of the molecule is Cc1cccc(NS(=O)(=O)CC(C)c2ccccc2)c1O. The molecule has 112 valence electrons. The second-order valence-corrected chi connectivity index (χ2v) is 6.93. The number of nitrogens with one attached hydrogen (secondary N) is 1. The van der Waals surface area contributed by atoms with E-state index >= 15 is 0 Å². The molecule has 2 rings (SSSR count). The van der Waals surface area contributed by atoms with E-state index in [1.165, 1.54) is 0 Å². The number of sulfonamides is 1. The van der Waals surface area contributed by atoms with Crippen LogP contribution < -0.4 is 4.72 Å². The summed E-state index contributed by atoms with van der Waals surface area (Å²) in [5.41, 5.74) is 1.82.